The molecule has 0 aliphatic carbocycles. The molecular weight excluding hydrogens is 398 g/mol. The molecule has 0 fully saturated rings. The molecule has 3 aromatic heterocycles. The number of para-hydroxylation sites is 4. The molecule has 0 spiro atoms. The Kier molecular flexibility index (Phi) is 4.18. The fourth-order valence-corrected chi connectivity index (χ4v) is 3.88. The molecule has 0 atom stereocenters. The molecule has 0 bridgehead atoms. The second kappa shape index (κ2) is 7.31. The number of nitrogens with one attached hydrogen (secondary N) is 1. The van der Waals surface area contributed by atoms with Crippen LogP contribution in [0.15, 0.2) is 91.1 Å². The molecule has 7 heteroatoms. The highest BCUT2D eigenvalue weighted by molar-refractivity contribution is 5.83. The second-order valence-corrected chi connectivity index (χ2v) is 7.54. The number of hydrogen-bond acceptors (Lipinski definition) is 4. The normalized spacial score (nSPS) is 11.3. The summed E-state index contributed by atoms with van der Waals surface area (Å²) in [7, 11) is 0. The summed E-state index contributed by atoms with van der Waals surface area (Å²) in [5, 5.41) is 13.8. The minimum atomic E-state index is 0.721. The van der Waals surface area contributed by atoms with E-state index in [1.807, 2.05) is 107 Å². The van der Waals surface area contributed by atoms with Crippen LogP contribution in [0.3, 0.4) is 0 Å². The van der Waals surface area contributed by atoms with Crippen LogP contribution in [0.2, 0.25) is 0 Å². The topological polar surface area (TPSA) is 77.2 Å². The lowest BCUT2D eigenvalue weighted by Gasteiger charge is -2.03. The van der Waals surface area contributed by atoms with Crippen LogP contribution in [0, 0.1) is 6.92 Å². The van der Waals surface area contributed by atoms with E-state index in [-0.39, 0.29) is 0 Å². The summed E-state index contributed by atoms with van der Waals surface area (Å²) >= 11 is 0. The van der Waals surface area contributed by atoms with Gasteiger partial charge in [-0.05, 0) is 43.3 Å². The lowest BCUT2D eigenvalue weighted by molar-refractivity contribution is 0.785. The average molecular weight is 417 g/mol. The predicted octanol–water partition coefficient (Wildman–Crippen LogP) is 4.97. The minimum Gasteiger partial charge on any atom is -0.338 e. The molecule has 0 aliphatic rings. The molecule has 0 amide bonds. The average Bonchev–Trinajstić information content (AvgIpc) is 3.56. The van der Waals surface area contributed by atoms with Crippen molar-refractivity contribution in [3.8, 4) is 34.2 Å². The van der Waals surface area contributed by atoms with Gasteiger partial charge >= 0.3 is 0 Å². The van der Waals surface area contributed by atoms with Crippen LogP contribution in [0.25, 0.3) is 45.2 Å². The number of benzene rings is 3. The van der Waals surface area contributed by atoms with Gasteiger partial charge in [-0.2, -0.15) is 5.10 Å². The van der Waals surface area contributed by atoms with Crippen LogP contribution in [-0.4, -0.2) is 34.7 Å². The number of aromatic nitrogens is 7. The van der Waals surface area contributed by atoms with Gasteiger partial charge in [-0.25, -0.2) is 14.3 Å². The number of nitrogens with zero attached hydrogens (tertiary/aromatic N) is 6. The van der Waals surface area contributed by atoms with Crippen LogP contribution >= 0.6 is 0 Å². The van der Waals surface area contributed by atoms with E-state index in [0.29, 0.717) is 0 Å². The largest absolute Gasteiger partial charge is 0.338 e. The SMILES string of the molecule is Cc1c(-c2nn(-c3ccccc3)cc2-c2nc3ccccc3[nH]2)nnn1-c1ccccc1. The van der Waals surface area contributed by atoms with Crippen molar-refractivity contribution in [1.29, 1.82) is 0 Å². The number of fused-ring (bicyclic) bond motifs is 1. The van der Waals surface area contributed by atoms with Crippen LogP contribution < -0.4 is 0 Å². The first-order valence-electron chi connectivity index (χ1n) is 10.4. The fraction of sp³-hybridized carbons (Fsp3) is 0.0400. The summed E-state index contributed by atoms with van der Waals surface area (Å²) in [6, 6.07) is 28.0. The van der Waals surface area contributed by atoms with Gasteiger partial charge in [0.2, 0.25) is 0 Å². The Morgan fingerprint density at radius 2 is 1.44 bits per heavy atom. The Labute approximate surface area is 184 Å². The van der Waals surface area contributed by atoms with Gasteiger partial charge in [0.1, 0.15) is 17.2 Å². The van der Waals surface area contributed by atoms with Crippen LogP contribution in [0.4, 0.5) is 0 Å². The van der Waals surface area contributed by atoms with Crippen molar-refractivity contribution in [3.05, 3.63) is 96.8 Å². The number of rotatable bonds is 4. The Bertz CT molecular complexity index is 1490. The molecule has 154 valence electrons. The maximum Gasteiger partial charge on any atom is 0.142 e. The van der Waals surface area contributed by atoms with Crippen molar-refractivity contribution in [1.82, 2.24) is 34.7 Å². The van der Waals surface area contributed by atoms with Crippen molar-refractivity contribution in [2.24, 2.45) is 0 Å². The maximum absolute atomic E-state index is 4.91. The van der Waals surface area contributed by atoms with E-state index in [4.69, 9.17) is 10.1 Å². The smallest absolute Gasteiger partial charge is 0.142 e. The van der Waals surface area contributed by atoms with E-state index < -0.39 is 0 Å². The predicted molar refractivity (Wildman–Crippen MR) is 124 cm³/mol. The molecule has 6 rings (SSSR count). The van der Waals surface area contributed by atoms with Gasteiger partial charge in [-0.1, -0.05) is 53.7 Å². The van der Waals surface area contributed by atoms with Crippen LogP contribution in [-0.2, 0) is 0 Å². The molecule has 0 aliphatic heterocycles. The van der Waals surface area contributed by atoms with Gasteiger partial charge in [0.15, 0.2) is 0 Å². The summed E-state index contributed by atoms with van der Waals surface area (Å²) in [4.78, 5) is 8.23. The number of hydrogen-bond donors (Lipinski definition) is 1. The van der Waals surface area contributed by atoms with E-state index in [0.717, 1.165) is 50.9 Å². The van der Waals surface area contributed by atoms with Crippen molar-refractivity contribution in [2.45, 2.75) is 6.92 Å². The number of imidazole rings is 1. The monoisotopic (exact) mass is 417 g/mol. The standard InChI is InChI=1S/C25H19N7/c1-17-23(28-30-32(17)19-12-6-3-7-13-19)24-20(16-31(29-24)18-10-4-2-5-11-18)25-26-21-14-8-9-15-22(21)27-25/h2-16H,1H3,(H,26,27). The third kappa shape index (κ3) is 2.99. The number of H-pyrrole nitrogens is 1. The maximum atomic E-state index is 4.91. The first-order valence-corrected chi connectivity index (χ1v) is 10.4. The summed E-state index contributed by atoms with van der Waals surface area (Å²) in [5.74, 6) is 0.747. The first kappa shape index (κ1) is 18.3. The quantitative estimate of drug-likeness (QED) is 0.439. The Hall–Kier alpha value is -4.52. The molecular formula is C25H19N7. The van der Waals surface area contributed by atoms with Gasteiger partial charge in [-0.3, -0.25) is 0 Å². The molecule has 3 heterocycles. The highest BCUT2D eigenvalue weighted by Crippen LogP contribution is 2.32. The van der Waals surface area contributed by atoms with Crippen LogP contribution in [0.5, 0.6) is 0 Å². The lowest BCUT2D eigenvalue weighted by Crippen LogP contribution is -1.99. The molecule has 0 radical (unpaired) electrons. The van der Waals surface area contributed by atoms with E-state index >= 15 is 0 Å². The molecule has 6 aromatic rings. The second-order valence-electron chi connectivity index (χ2n) is 7.54. The summed E-state index contributed by atoms with van der Waals surface area (Å²) in [5.41, 5.74) is 7.03. The summed E-state index contributed by atoms with van der Waals surface area (Å²) in [6.07, 6.45) is 1.99. The van der Waals surface area contributed by atoms with Crippen molar-refractivity contribution in [3.63, 3.8) is 0 Å². The fourth-order valence-electron chi connectivity index (χ4n) is 3.88. The van der Waals surface area contributed by atoms with E-state index in [1.54, 1.807) is 0 Å². The van der Waals surface area contributed by atoms with Gasteiger partial charge in [0, 0.05) is 6.20 Å². The Balaban J connectivity index is 1.55. The highest BCUT2D eigenvalue weighted by Gasteiger charge is 2.22. The molecule has 3 aromatic carbocycles. The highest BCUT2D eigenvalue weighted by atomic mass is 15.4. The van der Waals surface area contributed by atoms with Gasteiger partial charge in [0.25, 0.3) is 0 Å². The van der Waals surface area contributed by atoms with E-state index in [1.165, 1.54) is 0 Å². The minimum absolute atomic E-state index is 0.721. The molecule has 1 N–H and O–H groups in total. The lowest BCUT2D eigenvalue weighted by atomic mass is 10.1. The molecule has 0 saturated heterocycles. The Morgan fingerprint density at radius 1 is 0.750 bits per heavy atom. The van der Waals surface area contributed by atoms with Crippen molar-refractivity contribution >= 4 is 11.0 Å². The zero-order chi connectivity index (χ0) is 21.5. The molecule has 0 unspecified atom stereocenters. The van der Waals surface area contributed by atoms with Gasteiger partial charge < -0.3 is 4.98 Å². The van der Waals surface area contributed by atoms with Gasteiger partial charge in [0.05, 0.1) is 33.7 Å². The third-order valence-corrected chi connectivity index (χ3v) is 5.50. The molecule has 32 heavy (non-hydrogen) atoms. The van der Waals surface area contributed by atoms with Crippen LogP contribution in [0.1, 0.15) is 5.69 Å². The van der Waals surface area contributed by atoms with Crippen molar-refractivity contribution in [2.75, 3.05) is 0 Å². The van der Waals surface area contributed by atoms with E-state index in [9.17, 15) is 0 Å². The van der Waals surface area contributed by atoms with Gasteiger partial charge in [-0.15, -0.1) is 5.10 Å². The Morgan fingerprint density at radius 3 is 2.19 bits per heavy atom. The number of aromatic amines is 1. The first-order chi connectivity index (χ1) is 15.8. The third-order valence-electron chi connectivity index (χ3n) is 5.50. The summed E-state index contributed by atoms with van der Waals surface area (Å²) < 4.78 is 3.69. The molecule has 7 nitrogen and oxygen atoms in total. The van der Waals surface area contributed by atoms with E-state index in [2.05, 4.69) is 15.3 Å². The summed E-state index contributed by atoms with van der Waals surface area (Å²) in [6.45, 7) is 2.01. The zero-order valence-corrected chi connectivity index (χ0v) is 17.3. The zero-order valence-electron chi connectivity index (χ0n) is 17.3. The molecule has 0 saturated carbocycles. The van der Waals surface area contributed by atoms with Crippen molar-refractivity contribution < 1.29 is 0 Å².